The second kappa shape index (κ2) is 3.56. The van der Waals surface area contributed by atoms with E-state index in [0.29, 0.717) is 12.5 Å². The van der Waals surface area contributed by atoms with E-state index in [1.165, 1.54) is 6.42 Å². The maximum absolute atomic E-state index is 9.92. The molecule has 0 amide bonds. The Labute approximate surface area is 60.7 Å². The molecule has 0 aromatic carbocycles. The van der Waals surface area contributed by atoms with Crippen molar-refractivity contribution in [1.29, 1.82) is 0 Å². The lowest BCUT2D eigenvalue weighted by Gasteiger charge is -2.16. The zero-order valence-corrected chi connectivity index (χ0v) is 6.17. The van der Waals surface area contributed by atoms with Gasteiger partial charge in [0.15, 0.2) is 0 Å². The molecule has 1 fully saturated rings. The van der Waals surface area contributed by atoms with E-state index < -0.39 is 0 Å². The van der Waals surface area contributed by atoms with Crippen LogP contribution in [0.3, 0.4) is 0 Å². The summed E-state index contributed by atoms with van der Waals surface area (Å²) < 4.78 is 4.78. The van der Waals surface area contributed by atoms with Crippen LogP contribution in [0.15, 0.2) is 0 Å². The predicted molar refractivity (Wildman–Crippen MR) is 37.6 cm³/mol. The first-order valence-corrected chi connectivity index (χ1v) is 3.67. The number of hydrogen-bond acceptors (Lipinski definition) is 3. The molecule has 0 aromatic rings. The van der Waals surface area contributed by atoms with E-state index in [0.717, 1.165) is 13.0 Å². The van der Waals surface area contributed by atoms with Crippen LogP contribution in [0, 0.1) is 0 Å². The van der Waals surface area contributed by atoms with Crippen molar-refractivity contribution in [2.45, 2.75) is 31.9 Å². The first kappa shape index (κ1) is 7.54. The molecule has 1 N–H and O–H groups in total. The van der Waals surface area contributed by atoms with Crippen molar-refractivity contribution < 1.29 is 9.53 Å². The SMILES string of the molecule is CC(OC=O)[C@H]1CCCN1. The van der Waals surface area contributed by atoms with Gasteiger partial charge in [0.1, 0.15) is 6.10 Å². The maximum atomic E-state index is 9.92. The molecule has 1 saturated heterocycles. The molecule has 1 heterocycles. The lowest BCUT2D eigenvalue weighted by molar-refractivity contribution is -0.133. The zero-order valence-electron chi connectivity index (χ0n) is 6.17. The average molecular weight is 143 g/mol. The van der Waals surface area contributed by atoms with Crippen molar-refractivity contribution in [3.05, 3.63) is 0 Å². The Morgan fingerprint density at radius 1 is 1.80 bits per heavy atom. The second-order valence-electron chi connectivity index (χ2n) is 2.64. The van der Waals surface area contributed by atoms with Crippen LogP contribution < -0.4 is 5.32 Å². The Bertz CT molecular complexity index is 110. The smallest absolute Gasteiger partial charge is 0.293 e. The van der Waals surface area contributed by atoms with E-state index in [1.54, 1.807) is 0 Å². The van der Waals surface area contributed by atoms with E-state index >= 15 is 0 Å². The van der Waals surface area contributed by atoms with Crippen molar-refractivity contribution in [3.63, 3.8) is 0 Å². The highest BCUT2D eigenvalue weighted by Gasteiger charge is 2.21. The van der Waals surface area contributed by atoms with Gasteiger partial charge < -0.3 is 10.1 Å². The van der Waals surface area contributed by atoms with Gasteiger partial charge in [-0.3, -0.25) is 4.79 Å². The average Bonchev–Trinajstić information content (AvgIpc) is 2.38. The van der Waals surface area contributed by atoms with Crippen molar-refractivity contribution in [1.82, 2.24) is 5.32 Å². The fourth-order valence-electron chi connectivity index (χ4n) is 1.29. The number of carbonyl (C=O) groups excluding carboxylic acids is 1. The Balaban J connectivity index is 2.24. The van der Waals surface area contributed by atoms with Gasteiger partial charge in [0, 0.05) is 6.04 Å². The summed E-state index contributed by atoms with van der Waals surface area (Å²) in [6, 6.07) is 0.380. The largest absolute Gasteiger partial charge is 0.463 e. The van der Waals surface area contributed by atoms with Gasteiger partial charge in [0.2, 0.25) is 0 Å². The number of nitrogens with one attached hydrogen (secondary N) is 1. The molecule has 0 aliphatic carbocycles. The van der Waals surface area contributed by atoms with Gasteiger partial charge in [-0.1, -0.05) is 0 Å². The molecule has 2 atom stereocenters. The van der Waals surface area contributed by atoms with E-state index in [1.807, 2.05) is 6.92 Å². The Morgan fingerprint density at radius 3 is 3.10 bits per heavy atom. The van der Waals surface area contributed by atoms with E-state index in [2.05, 4.69) is 5.32 Å². The quantitative estimate of drug-likeness (QED) is 0.577. The summed E-state index contributed by atoms with van der Waals surface area (Å²) in [7, 11) is 0. The van der Waals surface area contributed by atoms with E-state index in [4.69, 9.17) is 4.74 Å². The van der Waals surface area contributed by atoms with Crippen LogP contribution in [0.25, 0.3) is 0 Å². The highest BCUT2D eigenvalue weighted by Crippen LogP contribution is 2.10. The molecule has 0 radical (unpaired) electrons. The van der Waals surface area contributed by atoms with Crippen LogP contribution in [0.5, 0.6) is 0 Å². The normalized spacial score (nSPS) is 27.9. The minimum atomic E-state index is 0.0278. The highest BCUT2D eigenvalue weighted by molar-refractivity contribution is 5.37. The van der Waals surface area contributed by atoms with Crippen LogP contribution in [0.1, 0.15) is 19.8 Å². The third-order valence-electron chi connectivity index (χ3n) is 1.94. The number of ether oxygens (including phenoxy) is 1. The van der Waals surface area contributed by atoms with E-state index in [-0.39, 0.29) is 6.10 Å². The van der Waals surface area contributed by atoms with Crippen LogP contribution >= 0.6 is 0 Å². The molecule has 1 unspecified atom stereocenters. The minimum Gasteiger partial charge on any atom is -0.463 e. The van der Waals surface area contributed by atoms with Crippen LogP contribution in [0.4, 0.5) is 0 Å². The molecule has 10 heavy (non-hydrogen) atoms. The fourth-order valence-corrected chi connectivity index (χ4v) is 1.29. The van der Waals surface area contributed by atoms with Crippen molar-refractivity contribution in [2.24, 2.45) is 0 Å². The predicted octanol–water partition coefficient (Wildman–Crippen LogP) is 0.300. The molecule has 1 rings (SSSR count). The fraction of sp³-hybridized carbons (Fsp3) is 0.857. The second-order valence-corrected chi connectivity index (χ2v) is 2.64. The molecule has 3 heteroatoms. The van der Waals surface area contributed by atoms with Gasteiger partial charge in [0.25, 0.3) is 6.47 Å². The summed E-state index contributed by atoms with van der Waals surface area (Å²) in [6.45, 7) is 3.49. The van der Waals surface area contributed by atoms with Gasteiger partial charge in [-0.2, -0.15) is 0 Å². The minimum absolute atomic E-state index is 0.0278. The number of hydrogen-bond donors (Lipinski definition) is 1. The van der Waals surface area contributed by atoms with Crippen molar-refractivity contribution in [2.75, 3.05) is 6.54 Å². The van der Waals surface area contributed by atoms with Gasteiger partial charge in [-0.15, -0.1) is 0 Å². The van der Waals surface area contributed by atoms with Crippen molar-refractivity contribution in [3.8, 4) is 0 Å². The summed E-state index contributed by atoms with van der Waals surface area (Å²) in [4.78, 5) is 9.92. The molecular weight excluding hydrogens is 130 g/mol. The number of carbonyl (C=O) groups is 1. The highest BCUT2D eigenvalue weighted by atomic mass is 16.5. The Hall–Kier alpha value is -0.570. The molecule has 3 nitrogen and oxygen atoms in total. The summed E-state index contributed by atoms with van der Waals surface area (Å²) >= 11 is 0. The lowest BCUT2D eigenvalue weighted by atomic mass is 10.1. The standard InChI is InChI=1S/C7H13NO2/c1-6(10-5-9)7-3-2-4-8-7/h5-8H,2-4H2,1H3/t6?,7-/m1/s1. The van der Waals surface area contributed by atoms with Gasteiger partial charge in [-0.05, 0) is 26.3 Å². The monoisotopic (exact) mass is 143 g/mol. The van der Waals surface area contributed by atoms with Gasteiger partial charge in [-0.25, -0.2) is 0 Å². The lowest BCUT2D eigenvalue weighted by Crippen LogP contribution is -2.34. The molecule has 0 bridgehead atoms. The molecule has 0 aromatic heterocycles. The summed E-state index contributed by atoms with van der Waals surface area (Å²) in [5.74, 6) is 0. The van der Waals surface area contributed by atoms with Crippen LogP contribution in [-0.2, 0) is 9.53 Å². The topological polar surface area (TPSA) is 38.3 Å². The Kier molecular flexibility index (Phi) is 2.68. The summed E-state index contributed by atoms with van der Waals surface area (Å²) in [5, 5.41) is 3.26. The molecule has 0 saturated carbocycles. The zero-order chi connectivity index (χ0) is 7.40. The molecular formula is C7H13NO2. The van der Waals surface area contributed by atoms with Crippen LogP contribution in [-0.4, -0.2) is 25.2 Å². The summed E-state index contributed by atoms with van der Waals surface area (Å²) in [5.41, 5.74) is 0. The van der Waals surface area contributed by atoms with Crippen molar-refractivity contribution >= 4 is 6.47 Å². The van der Waals surface area contributed by atoms with E-state index in [9.17, 15) is 4.79 Å². The first-order chi connectivity index (χ1) is 4.84. The molecule has 1 aliphatic heterocycles. The molecule has 58 valence electrons. The molecule has 1 aliphatic rings. The Morgan fingerprint density at radius 2 is 2.60 bits per heavy atom. The van der Waals surface area contributed by atoms with Gasteiger partial charge in [0.05, 0.1) is 0 Å². The van der Waals surface area contributed by atoms with Gasteiger partial charge >= 0.3 is 0 Å². The first-order valence-electron chi connectivity index (χ1n) is 3.67. The maximum Gasteiger partial charge on any atom is 0.293 e. The third-order valence-corrected chi connectivity index (χ3v) is 1.94. The van der Waals surface area contributed by atoms with Crippen LogP contribution in [0.2, 0.25) is 0 Å². The molecule has 0 spiro atoms. The summed E-state index contributed by atoms with van der Waals surface area (Å²) in [6.07, 6.45) is 2.34. The number of rotatable bonds is 3. The third kappa shape index (κ3) is 1.70.